The maximum Gasteiger partial charge on any atom is 0.249 e. The highest BCUT2D eigenvalue weighted by molar-refractivity contribution is 6.05. The normalized spacial score (nSPS) is 10.8. The van der Waals surface area contributed by atoms with E-state index in [1.807, 2.05) is 6.92 Å². The molecule has 3 aromatic rings. The molecule has 0 spiro atoms. The molecule has 0 aliphatic heterocycles. The number of rotatable bonds is 6. The Kier molecular flexibility index (Phi) is 5.82. The summed E-state index contributed by atoms with van der Waals surface area (Å²) >= 11 is 0. The van der Waals surface area contributed by atoms with Crippen LogP contribution in [0.25, 0.3) is 22.3 Å². The van der Waals surface area contributed by atoms with E-state index in [4.69, 9.17) is 10.5 Å². The van der Waals surface area contributed by atoms with Crippen LogP contribution >= 0.6 is 0 Å². The highest BCUT2D eigenvalue weighted by Crippen LogP contribution is 2.43. The van der Waals surface area contributed by atoms with E-state index in [0.29, 0.717) is 24.0 Å². The number of amides is 1. The summed E-state index contributed by atoms with van der Waals surface area (Å²) in [7, 11) is 1.41. The monoisotopic (exact) mass is 397 g/mol. The van der Waals surface area contributed by atoms with E-state index in [0.717, 1.165) is 0 Å². The number of phenolic OH excluding ortho intramolecular Hbond substituents is 1. The van der Waals surface area contributed by atoms with E-state index in [-0.39, 0.29) is 33.8 Å². The Bertz CT molecular complexity index is 1060. The summed E-state index contributed by atoms with van der Waals surface area (Å²) in [5.74, 6) is -1.56. The maximum absolute atomic E-state index is 15.6. The van der Waals surface area contributed by atoms with Gasteiger partial charge in [0.05, 0.1) is 7.11 Å². The van der Waals surface area contributed by atoms with Gasteiger partial charge in [-0.15, -0.1) is 0 Å². The van der Waals surface area contributed by atoms with Crippen molar-refractivity contribution in [3.63, 3.8) is 0 Å². The standard InChI is InChI=1S/C23H21F2NO3/c1-3-4-14-11-18(23(26)28)21(17-12-15(24)7-10-19(17)29-2)20(22(14)25)13-5-8-16(27)9-6-13/h5-12,27H,3-4H2,1-2H3,(H2,26,28). The second-order valence-corrected chi connectivity index (χ2v) is 6.65. The summed E-state index contributed by atoms with van der Waals surface area (Å²) < 4.78 is 35.0. The Morgan fingerprint density at radius 2 is 1.76 bits per heavy atom. The minimum atomic E-state index is -0.760. The van der Waals surface area contributed by atoms with Crippen LogP contribution in [0.15, 0.2) is 48.5 Å². The number of ether oxygens (including phenoxy) is 1. The lowest BCUT2D eigenvalue weighted by atomic mass is 9.86. The number of aryl methyl sites for hydroxylation is 1. The molecule has 0 fully saturated rings. The van der Waals surface area contributed by atoms with E-state index in [9.17, 15) is 14.3 Å². The number of methoxy groups -OCH3 is 1. The van der Waals surface area contributed by atoms with Crippen LogP contribution in [0.1, 0.15) is 29.3 Å². The fourth-order valence-corrected chi connectivity index (χ4v) is 3.41. The molecule has 1 amide bonds. The number of aromatic hydroxyl groups is 1. The Labute approximate surface area is 167 Å². The van der Waals surface area contributed by atoms with Gasteiger partial charge in [0.2, 0.25) is 5.91 Å². The predicted octanol–water partition coefficient (Wildman–Crippen LogP) is 5.06. The molecular formula is C23H21F2NO3. The Hall–Kier alpha value is -3.41. The van der Waals surface area contributed by atoms with Crippen LogP contribution in [-0.4, -0.2) is 18.1 Å². The molecule has 0 bridgehead atoms. The quantitative estimate of drug-likeness (QED) is 0.610. The Morgan fingerprint density at radius 1 is 1.07 bits per heavy atom. The van der Waals surface area contributed by atoms with E-state index >= 15 is 4.39 Å². The highest BCUT2D eigenvalue weighted by Gasteiger charge is 2.25. The summed E-state index contributed by atoms with van der Waals surface area (Å²) in [5.41, 5.74) is 6.93. The van der Waals surface area contributed by atoms with Crippen molar-refractivity contribution in [2.75, 3.05) is 7.11 Å². The Morgan fingerprint density at radius 3 is 2.34 bits per heavy atom. The molecule has 0 unspecified atom stereocenters. The minimum absolute atomic E-state index is 0.0129. The van der Waals surface area contributed by atoms with Gasteiger partial charge in [0.15, 0.2) is 0 Å². The van der Waals surface area contributed by atoms with Crippen LogP contribution in [0.3, 0.4) is 0 Å². The SMILES string of the molecule is CCCc1cc(C(N)=O)c(-c2cc(F)ccc2OC)c(-c2ccc(O)cc2)c1F. The highest BCUT2D eigenvalue weighted by atomic mass is 19.1. The first kappa shape index (κ1) is 20.3. The summed E-state index contributed by atoms with van der Waals surface area (Å²) in [4.78, 5) is 12.3. The van der Waals surface area contributed by atoms with E-state index in [1.165, 1.54) is 55.6 Å². The van der Waals surface area contributed by atoms with Crippen molar-refractivity contribution in [3.05, 3.63) is 71.3 Å². The molecule has 3 aromatic carbocycles. The molecule has 0 atom stereocenters. The molecule has 0 saturated heterocycles. The second-order valence-electron chi connectivity index (χ2n) is 6.65. The number of benzene rings is 3. The molecule has 0 aliphatic rings. The number of carbonyl (C=O) groups is 1. The third kappa shape index (κ3) is 3.92. The molecule has 3 N–H and O–H groups in total. The van der Waals surface area contributed by atoms with Gasteiger partial charge in [-0.2, -0.15) is 0 Å². The minimum Gasteiger partial charge on any atom is -0.508 e. The van der Waals surface area contributed by atoms with Gasteiger partial charge in [0, 0.05) is 22.3 Å². The predicted molar refractivity (Wildman–Crippen MR) is 108 cm³/mol. The lowest BCUT2D eigenvalue weighted by Gasteiger charge is -2.20. The first-order valence-electron chi connectivity index (χ1n) is 9.15. The van der Waals surface area contributed by atoms with Crippen molar-refractivity contribution in [3.8, 4) is 33.8 Å². The molecule has 3 rings (SSSR count). The van der Waals surface area contributed by atoms with Crippen molar-refractivity contribution in [2.45, 2.75) is 19.8 Å². The van der Waals surface area contributed by atoms with Crippen LogP contribution < -0.4 is 10.5 Å². The Balaban J connectivity index is 2.48. The molecule has 0 heterocycles. The van der Waals surface area contributed by atoms with Crippen molar-refractivity contribution in [1.29, 1.82) is 0 Å². The lowest BCUT2D eigenvalue weighted by Crippen LogP contribution is -2.15. The van der Waals surface area contributed by atoms with Crippen LogP contribution in [-0.2, 0) is 6.42 Å². The lowest BCUT2D eigenvalue weighted by molar-refractivity contribution is 0.100. The van der Waals surface area contributed by atoms with Crippen LogP contribution in [0.5, 0.6) is 11.5 Å². The number of hydrogen-bond acceptors (Lipinski definition) is 3. The van der Waals surface area contributed by atoms with Gasteiger partial charge in [0.1, 0.15) is 23.1 Å². The van der Waals surface area contributed by atoms with Gasteiger partial charge < -0.3 is 15.6 Å². The molecule has 0 aromatic heterocycles. The molecule has 0 radical (unpaired) electrons. The third-order valence-electron chi connectivity index (χ3n) is 4.71. The summed E-state index contributed by atoms with van der Waals surface area (Å²) in [6.45, 7) is 1.90. The van der Waals surface area contributed by atoms with Gasteiger partial charge in [-0.25, -0.2) is 8.78 Å². The van der Waals surface area contributed by atoms with Crippen LogP contribution in [0.4, 0.5) is 8.78 Å². The molecule has 0 aliphatic carbocycles. The summed E-state index contributed by atoms with van der Waals surface area (Å²) in [6.07, 6.45) is 1.06. The van der Waals surface area contributed by atoms with Crippen LogP contribution in [0.2, 0.25) is 0 Å². The van der Waals surface area contributed by atoms with Crippen molar-refractivity contribution in [2.24, 2.45) is 5.73 Å². The molecule has 150 valence electrons. The first-order chi connectivity index (χ1) is 13.9. The number of primary amides is 1. The number of carbonyl (C=O) groups excluding carboxylic acids is 1. The van der Waals surface area contributed by atoms with Gasteiger partial charge in [-0.1, -0.05) is 25.5 Å². The van der Waals surface area contributed by atoms with Crippen LogP contribution in [0, 0.1) is 11.6 Å². The maximum atomic E-state index is 15.6. The summed E-state index contributed by atoms with van der Waals surface area (Å²) in [5, 5.41) is 9.62. The van der Waals surface area contributed by atoms with Gasteiger partial charge in [0.25, 0.3) is 0 Å². The largest absolute Gasteiger partial charge is 0.508 e. The van der Waals surface area contributed by atoms with Crippen molar-refractivity contribution >= 4 is 5.91 Å². The third-order valence-corrected chi connectivity index (χ3v) is 4.71. The summed E-state index contributed by atoms with van der Waals surface area (Å²) in [6, 6.07) is 11.1. The molecule has 0 saturated carbocycles. The average molecular weight is 397 g/mol. The zero-order chi connectivity index (χ0) is 21.1. The van der Waals surface area contributed by atoms with Gasteiger partial charge in [-0.05, 0) is 53.9 Å². The fraction of sp³-hybridized carbons (Fsp3) is 0.174. The molecule has 4 nitrogen and oxygen atoms in total. The average Bonchev–Trinajstić information content (AvgIpc) is 2.70. The number of nitrogens with two attached hydrogens (primary N) is 1. The number of phenols is 1. The fourth-order valence-electron chi connectivity index (χ4n) is 3.41. The van der Waals surface area contributed by atoms with E-state index in [1.54, 1.807) is 0 Å². The zero-order valence-electron chi connectivity index (χ0n) is 16.1. The van der Waals surface area contributed by atoms with Crippen molar-refractivity contribution in [1.82, 2.24) is 0 Å². The second kappa shape index (κ2) is 8.31. The first-order valence-corrected chi connectivity index (χ1v) is 9.15. The number of halogens is 2. The molecule has 6 heteroatoms. The van der Waals surface area contributed by atoms with Gasteiger partial charge >= 0.3 is 0 Å². The molecular weight excluding hydrogens is 376 g/mol. The van der Waals surface area contributed by atoms with E-state index in [2.05, 4.69) is 0 Å². The number of hydrogen-bond donors (Lipinski definition) is 2. The molecule has 29 heavy (non-hydrogen) atoms. The zero-order valence-corrected chi connectivity index (χ0v) is 16.1. The smallest absolute Gasteiger partial charge is 0.249 e. The van der Waals surface area contributed by atoms with E-state index < -0.39 is 17.5 Å². The van der Waals surface area contributed by atoms with Crippen molar-refractivity contribution < 1.29 is 23.4 Å². The van der Waals surface area contributed by atoms with Gasteiger partial charge in [-0.3, -0.25) is 4.79 Å². The topological polar surface area (TPSA) is 72.6 Å².